The van der Waals surface area contributed by atoms with Crippen LogP contribution in [0.5, 0.6) is 0 Å². The Bertz CT molecular complexity index is 590. The summed E-state index contributed by atoms with van der Waals surface area (Å²) < 4.78 is 12.4. The number of nitrogens with zero attached hydrogens (tertiary/aromatic N) is 2. The molecule has 0 aliphatic carbocycles. The summed E-state index contributed by atoms with van der Waals surface area (Å²) in [5.74, 6) is 0.872. The Morgan fingerprint density at radius 2 is 2.19 bits per heavy atom. The molecule has 1 aromatic carbocycles. The molecule has 150 valence electrons. The number of guanidine groups is 1. The standard InChI is InChI=1S/C20H31BrN4O2/c1-22-20(23-10-3-12-26-15-19-4-2-13-27-19)24-17-9-11-25(14-17)18-7-5-16(21)6-8-18/h5-8,17,19H,2-4,9-15H2,1H3,(H2,22,23,24). The van der Waals surface area contributed by atoms with Crippen LogP contribution in [0.3, 0.4) is 0 Å². The first-order chi connectivity index (χ1) is 13.2. The number of hydrogen-bond acceptors (Lipinski definition) is 4. The number of rotatable bonds is 8. The lowest BCUT2D eigenvalue weighted by atomic mass is 10.2. The second kappa shape index (κ2) is 10.9. The van der Waals surface area contributed by atoms with Gasteiger partial charge in [-0.3, -0.25) is 4.99 Å². The van der Waals surface area contributed by atoms with Gasteiger partial charge in [-0.15, -0.1) is 0 Å². The Kier molecular flexibility index (Phi) is 8.23. The predicted molar refractivity (Wildman–Crippen MR) is 114 cm³/mol. The lowest BCUT2D eigenvalue weighted by Gasteiger charge is -2.20. The van der Waals surface area contributed by atoms with Crippen LogP contribution in [0, 0.1) is 0 Å². The van der Waals surface area contributed by atoms with Crippen LogP contribution < -0.4 is 15.5 Å². The monoisotopic (exact) mass is 438 g/mol. The number of benzene rings is 1. The molecular formula is C20H31BrN4O2. The lowest BCUT2D eigenvalue weighted by molar-refractivity contribution is 0.0168. The summed E-state index contributed by atoms with van der Waals surface area (Å²) in [5, 5.41) is 6.93. The van der Waals surface area contributed by atoms with Crippen molar-refractivity contribution in [2.45, 2.75) is 37.8 Å². The number of hydrogen-bond donors (Lipinski definition) is 2. The fraction of sp³-hybridized carbons (Fsp3) is 0.650. The van der Waals surface area contributed by atoms with Crippen molar-refractivity contribution in [2.24, 2.45) is 4.99 Å². The molecule has 2 aliphatic rings. The molecule has 2 heterocycles. The summed E-state index contributed by atoms with van der Waals surface area (Å²) in [4.78, 5) is 6.76. The van der Waals surface area contributed by atoms with Gasteiger partial charge in [0.2, 0.25) is 0 Å². The van der Waals surface area contributed by atoms with E-state index < -0.39 is 0 Å². The molecule has 2 saturated heterocycles. The predicted octanol–water partition coefficient (Wildman–Crippen LogP) is 2.78. The number of anilines is 1. The Morgan fingerprint density at radius 1 is 1.33 bits per heavy atom. The molecule has 0 radical (unpaired) electrons. The van der Waals surface area contributed by atoms with Gasteiger partial charge in [0, 0.05) is 56.1 Å². The molecule has 0 saturated carbocycles. The van der Waals surface area contributed by atoms with E-state index in [1.807, 2.05) is 7.05 Å². The molecule has 2 aliphatic heterocycles. The highest BCUT2D eigenvalue weighted by molar-refractivity contribution is 9.10. The first-order valence-corrected chi connectivity index (χ1v) is 10.7. The van der Waals surface area contributed by atoms with Crippen molar-refractivity contribution in [3.8, 4) is 0 Å². The van der Waals surface area contributed by atoms with Crippen molar-refractivity contribution >= 4 is 27.6 Å². The molecule has 6 nitrogen and oxygen atoms in total. The van der Waals surface area contributed by atoms with Crippen LogP contribution >= 0.6 is 15.9 Å². The van der Waals surface area contributed by atoms with Gasteiger partial charge in [-0.2, -0.15) is 0 Å². The fourth-order valence-electron chi connectivity index (χ4n) is 3.52. The minimum atomic E-state index is 0.309. The zero-order chi connectivity index (χ0) is 18.9. The van der Waals surface area contributed by atoms with E-state index in [1.54, 1.807) is 0 Å². The molecule has 0 aromatic heterocycles. The largest absolute Gasteiger partial charge is 0.379 e. The van der Waals surface area contributed by atoms with Crippen molar-refractivity contribution in [3.63, 3.8) is 0 Å². The maximum atomic E-state index is 5.70. The van der Waals surface area contributed by atoms with Crippen LogP contribution in [0.4, 0.5) is 5.69 Å². The SMILES string of the molecule is CN=C(NCCCOCC1CCCO1)NC1CCN(c2ccc(Br)cc2)C1. The molecule has 2 fully saturated rings. The fourth-order valence-corrected chi connectivity index (χ4v) is 3.79. The number of aliphatic imine (C=N–C) groups is 1. The normalized spacial score (nSPS) is 23.0. The number of nitrogens with one attached hydrogen (secondary N) is 2. The average Bonchev–Trinajstić information content (AvgIpc) is 3.36. The van der Waals surface area contributed by atoms with Gasteiger partial charge in [-0.25, -0.2) is 0 Å². The summed E-state index contributed by atoms with van der Waals surface area (Å²) in [6, 6.07) is 8.93. The van der Waals surface area contributed by atoms with Gasteiger partial charge in [-0.1, -0.05) is 15.9 Å². The summed E-state index contributed by atoms with van der Waals surface area (Å²) in [6.45, 7) is 5.28. The molecule has 27 heavy (non-hydrogen) atoms. The Balaban J connectivity index is 1.30. The molecule has 3 rings (SSSR count). The maximum absolute atomic E-state index is 5.70. The van der Waals surface area contributed by atoms with Gasteiger partial charge in [0.15, 0.2) is 5.96 Å². The highest BCUT2D eigenvalue weighted by Crippen LogP contribution is 2.22. The summed E-state index contributed by atoms with van der Waals surface area (Å²) in [7, 11) is 1.82. The quantitative estimate of drug-likeness (QED) is 0.371. The van der Waals surface area contributed by atoms with E-state index in [-0.39, 0.29) is 0 Å². The average molecular weight is 439 g/mol. The minimum Gasteiger partial charge on any atom is -0.379 e. The van der Waals surface area contributed by atoms with Gasteiger partial charge in [0.1, 0.15) is 0 Å². The zero-order valence-electron chi connectivity index (χ0n) is 16.1. The van der Waals surface area contributed by atoms with E-state index in [9.17, 15) is 0 Å². The van der Waals surface area contributed by atoms with Crippen LogP contribution in [-0.2, 0) is 9.47 Å². The molecule has 2 unspecified atom stereocenters. The molecule has 0 bridgehead atoms. The van der Waals surface area contributed by atoms with Crippen molar-refractivity contribution in [3.05, 3.63) is 28.7 Å². The molecule has 2 atom stereocenters. The van der Waals surface area contributed by atoms with Gasteiger partial charge in [0.25, 0.3) is 0 Å². The third-order valence-electron chi connectivity index (χ3n) is 5.03. The topological polar surface area (TPSA) is 58.1 Å². The highest BCUT2D eigenvalue weighted by atomic mass is 79.9. The zero-order valence-corrected chi connectivity index (χ0v) is 17.7. The lowest BCUT2D eigenvalue weighted by Crippen LogP contribution is -2.45. The highest BCUT2D eigenvalue weighted by Gasteiger charge is 2.23. The first kappa shape index (κ1) is 20.4. The van der Waals surface area contributed by atoms with Gasteiger partial charge in [-0.05, 0) is 49.9 Å². The van der Waals surface area contributed by atoms with E-state index in [0.717, 1.165) is 75.6 Å². The Morgan fingerprint density at radius 3 is 2.93 bits per heavy atom. The number of halogens is 1. The van der Waals surface area contributed by atoms with E-state index in [0.29, 0.717) is 12.1 Å². The van der Waals surface area contributed by atoms with Gasteiger partial charge in [0.05, 0.1) is 12.7 Å². The number of ether oxygens (including phenoxy) is 2. The summed E-state index contributed by atoms with van der Waals surface area (Å²) >= 11 is 3.49. The third-order valence-corrected chi connectivity index (χ3v) is 5.56. The van der Waals surface area contributed by atoms with Crippen molar-refractivity contribution in [2.75, 3.05) is 51.4 Å². The molecule has 0 spiro atoms. The van der Waals surface area contributed by atoms with Gasteiger partial charge >= 0.3 is 0 Å². The molecule has 7 heteroatoms. The van der Waals surface area contributed by atoms with E-state index >= 15 is 0 Å². The van der Waals surface area contributed by atoms with Crippen LogP contribution in [0.2, 0.25) is 0 Å². The Hall–Kier alpha value is -1.31. The van der Waals surface area contributed by atoms with Crippen LogP contribution in [0.15, 0.2) is 33.7 Å². The molecular weight excluding hydrogens is 408 g/mol. The second-order valence-corrected chi connectivity index (χ2v) is 8.03. The van der Waals surface area contributed by atoms with Crippen LogP contribution in [0.1, 0.15) is 25.7 Å². The maximum Gasteiger partial charge on any atom is 0.191 e. The van der Waals surface area contributed by atoms with E-state index in [2.05, 4.69) is 60.7 Å². The second-order valence-electron chi connectivity index (χ2n) is 7.11. The smallest absolute Gasteiger partial charge is 0.191 e. The van der Waals surface area contributed by atoms with Gasteiger partial charge < -0.3 is 25.0 Å². The van der Waals surface area contributed by atoms with Crippen LogP contribution in [-0.4, -0.2) is 64.6 Å². The van der Waals surface area contributed by atoms with Crippen LogP contribution in [0.25, 0.3) is 0 Å². The van der Waals surface area contributed by atoms with Crippen molar-refractivity contribution in [1.29, 1.82) is 0 Å². The van der Waals surface area contributed by atoms with E-state index in [1.165, 1.54) is 5.69 Å². The third kappa shape index (κ3) is 6.66. The first-order valence-electron chi connectivity index (χ1n) is 9.91. The Labute approximate surface area is 170 Å². The van der Waals surface area contributed by atoms with Crippen molar-refractivity contribution in [1.82, 2.24) is 10.6 Å². The minimum absolute atomic E-state index is 0.309. The van der Waals surface area contributed by atoms with Crippen molar-refractivity contribution < 1.29 is 9.47 Å². The summed E-state index contributed by atoms with van der Waals surface area (Å²) in [5.41, 5.74) is 1.27. The molecule has 1 aromatic rings. The van der Waals surface area contributed by atoms with E-state index in [4.69, 9.17) is 9.47 Å². The summed E-state index contributed by atoms with van der Waals surface area (Å²) in [6.07, 6.45) is 4.68. The molecule has 2 N–H and O–H groups in total. The molecule has 0 amide bonds.